The van der Waals surface area contributed by atoms with Crippen LogP contribution in [-0.4, -0.2) is 11.6 Å². The number of aryl methyl sites for hydroxylation is 2. The number of nitrogens with zero attached hydrogens (tertiary/aromatic N) is 1. The molecule has 0 atom stereocenters. The molecule has 4 nitrogen and oxygen atoms in total. The lowest BCUT2D eigenvalue weighted by Gasteiger charge is -2.12. The topological polar surface area (TPSA) is 57.4 Å². The van der Waals surface area contributed by atoms with Gasteiger partial charge in [0, 0.05) is 11.8 Å². The number of anilines is 1. The van der Waals surface area contributed by atoms with Gasteiger partial charge in [-0.15, -0.1) is 0 Å². The maximum atomic E-state index is 5.90. The molecule has 0 aliphatic heterocycles. The molecule has 2 aromatic rings. The van der Waals surface area contributed by atoms with E-state index in [-0.39, 0.29) is 0 Å². The number of hydrogen-bond donors (Lipinski definition) is 1. The van der Waals surface area contributed by atoms with E-state index in [1.165, 1.54) is 0 Å². The molecule has 0 spiro atoms. The van der Waals surface area contributed by atoms with Crippen LogP contribution >= 0.6 is 0 Å². The molecule has 0 saturated carbocycles. The van der Waals surface area contributed by atoms with E-state index in [0.29, 0.717) is 23.8 Å². The smallest absolute Gasteiger partial charge is 0.148 e. The molecule has 1 aromatic carbocycles. The van der Waals surface area contributed by atoms with Crippen molar-refractivity contribution in [1.29, 1.82) is 0 Å². The van der Waals surface area contributed by atoms with Crippen molar-refractivity contribution in [2.24, 2.45) is 0 Å². The summed E-state index contributed by atoms with van der Waals surface area (Å²) in [5.41, 5.74) is 8.39. The monoisotopic (exact) mass is 272 g/mol. The van der Waals surface area contributed by atoms with Crippen LogP contribution in [0.15, 0.2) is 30.3 Å². The fourth-order valence-corrected chi connectivity index (χ4v) is 1.93. The van der Waals surface area contributed by atoms with Gasteiger partial charge in [0.05, 0.1) is 18.0 Å². The van der Waals surface area contributed by atoms with Crippen molar-refractivity contribution in [3.63, 3.8) is 0 Å². The molecule has 0 amide bonds. The molecule has 2 rings (SSSR count). The van der Waals surface area contributed by atoms with Crippen LogP contribution in [0.4, 0.5) is 5.69 Å². The summed E-state index contributed by atoms with van der Waals surface area (Å²) in [6.07, 6.45) is 0.824. The zero-order valence-electron chi connectivity index (χ0n) is 12.1. The Kier molecular flexibility index (Phi) is 4.45. The second-order valence-electron chi connectivity index (χ2n) is 4.49. The van der Waals surface area contributed by atoms with Crippen molar-refractivity contribution in [1.82, 2.24) is 4.98 Å². The molecule has 2 N–H and O–H groups in total. The fraction of sp³-hybridized carbons (Fsp3) is 0.312. The van der Waals surface area contributed by atoms with Crippen molar-refractivity contribution >= 4 is 5.69 Å². The van der Waals surface area contributed by atoms with Crippen LogP contribution in [0.5, 0.6) is 17.2 Å². The number of ether oxygens (including phenoxy) is 2. The first-order chi connectivity index (χ1) is 9.63. The van der Waals surface area contributed by atoms with E-state index < -0.39 is 0 Å². The van der Waals surface area contributed by atoms with Crippen LogP contribution in [0, 0.1) is 6.92 Å². The number of nitrogen functional groups attached to an aromatic ring is 1. The average Bonchev–Trinajstić information content (AvgIpc) is 2.44. The number of benzene rings is 1. The molecule has 4 heteroatoms. The molecule has 1 aromatic heterocycles. The molecule has 0 unspecified atom stereocenters. The van der Waals surface area contributed by atoms with E-state index in [4.69, 9.17) is 15.2 Å². The van der Waals surface area contributed by atoms with Crippen LogP contribution in [0.3, 0.4) is 0 Å². The summed E-state index contributed by atoms with van der Waals surface area (Å²) in [6.45, 7) is 6.52. The predicted octanol–water partition coefficient (Wildman–Crippen LogP) is 3.73. The van der Waals surface area contributed by atoms with Gasteiger partial charge in [0.15, 0.2) is 0 Å². The van der Waals surface area contributed by atoms with Gasteiger partial charge in [0.2, 0.25) is 0 Å². The highest BCUT2D eigenvalue weighted by atomic mass is 16.5. The first-order valence-electron chi connectivity index (χ1n) is 6.80. The number of hydrogen-bond acceptors (Lipinski definition) is 4. The average molecular weight is 272 g/mol. The number of rotatable bonds is 5. The van der Waals surface area contributed by atoms with Crippen molar-refractivity contribution in [3.8, 4) is 17.2 Å². The first-order valence-corrected chi connectivity index (χ1v) is 6.80. The summed E-state index contributed by atoms with van der Waals surface area (Å²) in [4.78, 5) is 4.48. The molecule has 0 saturated heterocycles. The number of pyridine rings is 1. The van der Waals surface area contributed by atoms with E-state index in [2.05, 4.69) is 11.9 Å². The summed E-state index contributed by atoms with van der Waals surface area (Å²) >= 11 is 0. The summed E-state index contributed by atoms with van der Waals surface area (Å²) < 4.78 is 11.4. The number of nitrogens with two attached hydrogens (primary N) is 1. The predicted molar refractivity (Wildman–Crippen MR) is 80.4 cm³/mol. The molecule has 0 fully saturated rings. The largest absolute Gasteiger partial charge is 0.492 e. The van der Waals surface area contributed by atoms with Gasteiger partial charge in [-0.2, -0.15) is 0 Å². The molecular formula is C16H20N2O2. The maximum absolute atomic E-state index is 5.90. The Labute approximate surface area is 119 Å². The molecule has 106 valence electrons. The lowest BCUT2D eigenvalue weighted by Crippen LogP contribution is -1.99. The van der Waals surface area contributed by atoms with Gasteiger partial charge < -0.3 is 15.2 Å². The lowest BCUT2D eigenvalue weighted by atomic mass is 10.2. The third-order valence-electron chi connectivity index (χ3n) is 2.92. The van der Waals surface area contributed by atoms with Gasteiger partial charge in [-0.1, -0.05) is 6.92 Å². The molecule has 0 aliphatic carbocycles. The van der Waals surface area contributed by atoms with Crippen molar-refractivity contribution in [3.05, 3.63) is 41.7 Å². The minimum absolute atomic E-state index is 0.569. The van der Waals surface area contributed by atoms with Gasteiger partial charge >= 0.3 is 0 Å². The normalized spacial score (nSPS) is 10.3. The molecule has 0 bridgehead atoms. The van der Waals surface area contributed by atoms with Gasteiger partial charge in [-0.3, -0.25) is 4.98 Å². The van der Waals surface area contributed by atoms with Crippen LogP contribution in [-0.2, 0) is 6.42 Å². The Morgan fingerprint density at radius 3 is 2.60 bits per heavy atom. The van der Waals surface area contributed by atoms with E-state index in [9.17, 15) is 0 Å². The Hall–Kier alpha value is -2.23. The third kappa shape index (κ3) is 3.20. The number of aromatic nitrogens is 1. The minimum Gasteiger partial charge on any atom is -0.492 e. The molecule has 0 radical (unpaired) electrons. The maximum Gasteiger partial charge on any atom is 0.148 e. The third-order valence-corrected chi connectivity index (χ3v) is 2.92. The first kappa shape index (κ1) is 14.2. The molecule has 1 heterocycles. The van der Waals surface area contributed by atoms with Crippen LogP contribution in [0.2, 0.25) is 0 Å². The standard InChI is InChI=1S/C16H20N2O2/c1-4-14-15(9-6-11(3)18-14)20-12-7-8-13(17)16(10-12)19-5-2/h6-10H,4-5,17H2,1-3H3. The van der Waals surface area contributed by atoms with Gasteiger partial charge in [0.25, 0.3) is 0 Å². The van der Waals surface area contributed by atoms with E-state index in [1.54, 1.807) is 12.1 Å². The summed E-state index contributed by atoms with van der Waals surface area (Å²) in [7, 11) is 0. The van der Waals surface area contributed by atoms with Crippen LogP contribution in [0.25, 0.3) is 0 Å². The highest BCUT2D eigenvalue weighted by Crippen LogP contribution is 2.31. The fourth-order valence-electron chi connectivity index (χ4n) is 1.93. The Bertz CT molecular complexity index is 597. The lowest BCUT2D eigenvalue weighted by molar-refractivity contribution is 0.340. The molecular weight excluding hydrogens is 252 g/mol. The van der Waals surface area contributed by atoms with Crippen LogP contribution in [0.1, 0.15) is 25.2 Å². The zero-order chi connectivity index (χ0) is 14.5. The van der Waals surface area contributed by atoms with E-state index in [1.807, 2.05) is 32.0 Å². The minimum atomic E-state index is 0.569. The Balaban J connectivity index is 2.28. The van der Waals surface area contributed by atoms with Crippen molar-refractivity contribution in [2.45, 2.75) is 27.2 Å². The van der Waals surface area contributed by atoms with Gasteiger partial charge in [0.1, 0.15) is 17.2 Å². The molecule has 0 aliphatic rings. The SMILES string of the molecule is CCOc1cc(Oc2ccc(C)nc2CC)ccc1N. The highest BCUT2D eigenvalue weighted by Gasteiger charge is 2.08. The van der Waals surface area contributed by atoms with E-state index in [0.717, 1.165) is 23.6 Å². The van der Waals surface area contributed by atoms with Gasteiger partial charge in [-0.05, 0) is 44.5 Å². The molecule has 20 heavy (non-hydrogen) atoms. The van der Waals surface area contributed by atoms with Crippen LogP contribution < -0.4 is 15.2 Å². The second-order valence-corrected chi connectivity index (χ2v) is 4.49. The second kappa shape index (κ2) is 6.28. The van der Waals surface area contributed by atoms with Crippen molar-refractivity contribution in [2.75, 3.05) is 12.3 Å². The quantitative estimate of drug-likeness (QED) is 0.843. The Morgan fingerprint density at radius 1 is 1.10 bits per heavy atom. The summed E-state index contributed by atoms with van der Waals surface area (Å²) in [5.74, 6) is 2.11. The Morgan fingerprint density at radius 2 is 1.90 bits per heavy atom. The zero-order valence-corrected chi connectivity index (χ0v) is 12.1. The summed E-state index contributed by atoms with van der Waals surface area (Å²) in [6, 6.07) is 9.30. The van der Waals surface area contributed by atoms with E-state index >= 15 is 0 Å². The van der Waals surface area contributed by atoms with Gasteiger partial charge in [-0.25, -0.2) is 0 Å². The summed E-state index contributed by atoms with van der Waals surface area (Å²) in [5, 5.41) is 0. The highest BCUT2D eigenvalue weighted by molar-refractivity contribution is 5.56. The van der Waals surface area contributed by atoms with Crippen molar-refractivity contribution < 1.29 is 9.47 Å².